The highest BCUT2D eigenvalue weighted by atomic mass is 32.2. The molecule has 5 heteroatoms. The molecule has 0 atom stereocenters. The van der Waals surface area contributed by atoms with Gasteiger partial charge in [-0.15, -0.1) is 0 Å². The molecule has 4 nitrogen and oxygen atoms in total. The highest BCUT2D eigenvalue weighted by Crippen LogP contribution is 2.12. The van der Waals surface area contributed by atoms with Crippen LogP contribution in [-0.4, -0.2) is 43.2 Å². The summed E-state index contributed by atoms with van der Waals surface area (Å²) in [5.74, 6) is 0.133. The molecule has 0 aliphatic carbocycles. The van der Waals surface area contributed by atoms with Crippen molar-refractivity contribution in [1.82, 2.24) is 5.32 Å². The van der Waals surface area contributed by atoms with E-state index >= 15 is 0 Å². The zero-order chi connectivity index (χ0) is 12.8. The smallest absolute Gasteiger partial charge is 0.153 e. The van der Waals surface area contributed by atoms with Crippen molar-refractivity contribution < 1.29 is 13.5 Å². The molecule has 0 saturated carbocycles. The molecule has 0 aromatic carbocycles. The lowest BCUT2D eigenvalue weighted by Gasteiger charge is -2.25. The van der Waals surface area contributed by atoms with Crippen LogP contribution in [-0.2, 0) is 9.84 Å². The van der Waals surface area contributed by atoms with Gasteiger partial charge in [-0.05, 0) is 26.7 Å². The van der Waals surface area contributed by atoms with E-state index in [4.69, 9.17) is 0 Å². The van der Waals surface area contributed by atoms with E-state index in [1.165, 1.54) is 0 Å². The minimum atomic E-state index is -2.97. The van der Waals surface area contributed by atoms with Crippen molar-refractivity contribution >= 4 is 9.84 Å². The van der Waals surface area contributed by atoms with Crippen molar-refractivity contribution in [2.45, 2.75) is 51.4 Å². The van der Waals surface area contributed by atoms with E-state index in [0.717, 1.165) is 0 Å². The molecule has 0 bridgehead atoms. The standard InChI is InChI=1S/C11H25NO3S/c1-5-11(13,6-2)9-12-7-8-16(14,15)10(3)4/h10,12-13H,5-9H2,1-4H3. The molecule has 0 aromatic heterocycles. The van der Waals surface area contributed by atoms with Gasteiger partial charge in [-0.25, -0.2) is 8.42 Å². The van der Waals surface area contributed by atoms with E-state index < -0.39 is 15.4 Å². The van der Waals surface area contributed by atoms with Crippen LogP contribution in [0.1, 0.15) is 40.5 Å². The molecule has 0 amide bonds. The first-order valence-corrected chi connectivity index (χ1v) is 7.63. The molecule has 98 valence electrons. The fourth-order valence-electron chi connectivity index (χ4n) is 1.27. The number of hydrogen-bond donors (Lipinski definition) is 2. The Labute approximate surface area is 99.4 Å². The molecule has 0 aromatic rings. The lowest BCUT2D eigenvalue weighted by molar-refractivity contribution is 0.0332. The average Bonchev–Trinajstić information content (AvgIpc) is 2.24. The Morgan fingerprint density at radius 2 is 1.75 bits per heavy atom. The highest BCUT2D eigenvalue weighted by molar-refractivity contribution is 7.92. The summed E-state index contributed by atoms with van der Waals surface area (Å²) in [7, 11) is -2.97. The third-order valence-electron chi connectivity index (χ3n) is 3.05. The Balaban J connectivity index is 3.94. The van der Waals surface area contributed by atoms with Gasteiger partial charge in [0.2, 0.25) is 0 Å². The average molecular weight is 251 g/mol. The van der Waals surface area contributed by atoms with Gasteiger partial charge in [-0.3, -0.25) is 0 Å². The zero-order valence-electron chi connectivity index (χ0n) is 10.8. The van der Waals surface area contributed by atoms with Gasteiger partial charge in [0.15, 0.2) is 9.84 Å². The molecule has 0 fully saturated rings. The summed E-state index contributed by atoms with van der Waals surface area (Å²) in [6.07, 6.45) is 1.35. The fraction of sp³-hybridized carbons (Fsp3) is 1.00. The lowest BCUT2D eigenvalue weighted by Crippen LogP contribution is -2.41. The fourth-order valence-corrected chi connectivity index (χ4v) is 2.17. The van der Waals surface area contributed by atoms with Gasteiger partial charge in [0, 0.05) is 13.1 Å². The van der Waals surface area contributed by atoms with Crippen LogP contribution in [0.4, 0.5) is 0 Å². The van der Waals surface area contributed by atoms with Gasteiger partial charge >= 0.3 is 0 Å². The van der Waals surface area contributed by atoms with E-state index in [1.807, 2.05) is 13.8 Å². The Kier molecular flexibility index (Phi) is 6.51. The van der Waals surface area contributed by atoms with Crippen molar-refractivity contribution in [2.75, 3.05) is 18.8 Å². The SMILES string of the molecule is CCC(O)(CC)CNCCS(=O)(=O)C(C)C. The third-order valence-corrected chi connectivity index (χ3v) is 5.26. The van der Waals surface area contributed by atoms with Gasteiger partial charge in [0.05, 0.1) is 16.6 Å². The first kappa shape index (κ1) is 15.9. The predicted octanol–water partition coefficient (Wildman–Crippen LogP) is 0.950. The van der Waals surface area contributed by atoms with E-state index in [9.17, 15) is 13.5 Å². The first-order chi connectivity index (χ1) is 7.27. The molecule has 0 heterocycles. The van der Waals surface area contributed by atoms with Crippen LogP contribution in [0.5, 0.6) is 0 Å². The van der Waals surface area contributed by atoms with Crippen LogP contribution in [0.15, 0.2) is 0 Å². The number of sulfone groups is 1. The Morgan fingerprint density at radius 3 is 2.12 bits per heavy atom. The largest absolute Gasteiger partial charge is 0.389 e. The van der Waals surface area contributed by atoms with Gasteiger partial charge in [-0.2, -0.15) is 0 Å². The minimum absolute atomic E-state index is 0.133. The minimum Gasteiger partial charge on any atom is -0.389 e. The summed E-state index contributed by atoms with van der Waals surface area (Å²) in [5.41, 5.74) is -0.707. The number of rotatable bonds is 8. The molecular weight excluding hydrogens is 226 g/mol. The van der Waals surface area contributed by atoms with Crippen molar-refractivity contribution in [3.63, 3.8) is 0 Å². The van der Waals surface area contributed by atoms with E-state index in [1.54, 1.807) is 13.8 Å². The molecule has 16 heavy (non-hydrogen) atoms. The molecule has 0 radical (unpaired) electrons. The van der Waals surface area contributed by atoms with E-state index in [0.29, 0.717) is 25.9 Å². The van der Waals surface area contributed by atoms with Gasteiger partial charge in [-0.1, -0.05) is 13.8 Å². The Hall–Kier alpha value is -0.130. The predicted molar refractivity (Wildman–Crippen MR) is 67.3 cm³/mol. The molecule has 2 N–H and O–H groups in total. The van der Waals surface area contributed by atoms with Crippen LogP contribution in [0.3, 0.4) is 0 Å². The molecular formula is C11H25NO3S. The summed E-state index contributed by atoms with van der Waals surface area (Å²) in [6, 6.07) is 0. The zero-order valence-corrected chi connectivity index (χ0v) is 11.6. The third kappa shape index (κ3) is 5.27. The first-order valence-electron chi connectivity index (χ1n) is 5.92. The highest BCUT2D eigenvalue weighted by Gasteiger charge is 2.22. The van der Waals surface area contributed by atoms with E-state index in [2.05, 4.69) is 5.32 Å². The van der Waals surface area contributed by atoms with Crippen LogP contribution < -0.4 is 5.32 Å². The quantitative estimate of drug-likeness (QED) is 0.630. The number of hydrogen-bond acceptors (Lipinski definition) is 4. The lowest BCUT2D eigenvalue weighted by atomic mass is 9.98. The molecule has 0 aliphatic rings. The summed E-state index contributed by atoms with van der Waals surface area (Å²) in [4.78, 5) is 0. The van der Waals surface area contributed by atoms with Crippen molar-refractivity contribution in [2.24, 2.45) is 0 Å². The molecule has 0 saturated heterocycles. The number of aliphatic hydroxyl groups is 1. The van der Waals surface area contributed by atoms with Gasteiger partial charge in [0.1, 0.15) is 0 Å². The van der Waals surface area contributed by atoms with Crippen molar-refractivity contribution in [1.29, 1.82) is 0 Å². The normalized spacial score (nSPS) is 13.4. The summed E-state index contributed by atoms with van der Waals surface area (Å²) in [6.45, 7) is 8.08. The summed E-state index contributed by atoms with van der Waals surface area (Å²) >= 11 is 0. The van der Waals surface area contributed by atoms with Crippen LogP contribution in [0, 0.1) is 0 Å². The Morgan fingerprint density at radius 1 is 1.25 bits per heavy atom. The maximum Gasteiger partial charge on any atom is 0.153 e. The molecule has 0 rings (SSSR count). The van der Waals surface area contributed by atoms with Crippen LogP contribution in [0.25, 0.3) is 0 Å². The Bertz CT molecular complexity index is 282. The van der Waals surface area contributed by atoms with Crippen LogP contribution >= 0.6 is 0 Å². The number of nitrogens with one attached hydrogen (secondary N) is 1. The monoisotopic (exact) mass is 251 g/mol. The summed E-state index contributed by atoms with van der Waals surface area (Å²) < 4.78 is 23.0. The second kappa shape index (κ2) is 6.57. The van der Waals surface area contributed by atoms with Crippen molar-refractivity contribution in [3.8, 4) is 0 Å². The molecule has 0 spiro atoms. The van der Waals surface area contributed by atoms with Gasteiger partial charge < -0.3 is 10.4 Å². The molecule has 0 unspecified atom stereocenters. The topological polar surface area (TPSA) is 66.4 Å². The summed E-state index contributed by atoms with van der Waals surface area (Å²) in [5, 5.41) is 12.6. The maximum absolute atomic E-state index is 11.5. The van der Waals surface area contributed by atoms with Crippen molar-refractivity contribution in [3.05, 3.63) is 0 Å². The second-order valence-corrected chi connectivity index (χ2v) is 7.20. The van der Waals surface area contributed by atoms with Gasteiger partial charge in [0.25, 0.3) is 0 Å². The molecule has 0 aliphatic heterocycles. The van der Waals surface area contributed by atoms with E-state index in [-0.39, 0.29) is 11.0 Å². The second-order valence-electron chi connectivity index (χ2n) is 4.52. The maximum atomic E-state index is 11.5. The van der Waals surface area contributed by atoms with Crippen LogP contribution in [0.2, 0.25) is 0 Å².